The van der Waals surface area contributed by atoms with Crippen molar-refractivity contribution in [2.45, 2.75) is 6.54 Å². The normalized spacial score (nSPS) is 14.8. The molecular formula is C21H20ClFN4OS. The summed E-state index contributed by atoms with van der Waals surface area (Å²) in [4.78, 5) is 21.2. The summed E-state index contributed by atoms with van der Waals surface area (Å²) in [6, 6.07) is 13.4. The van der Waals surface area contributed by atoms with Crippen molar-refractivity contribution >= 4 is 34.7 Å². The van der Waals surface area contributed by atoms with E-state index in [0.717, 1.165) is 41.6 Å². The molecule has 4 rings (SSSR count). The largest absolute Gasteiger partial charge is 0.322 e. The van der Waals surface area contributed by atoms with Crippen LogP contribution in [0.4, 0.5) is 14.9 Å². The van der Waals surface area contributed by atoms with Crippen LogP contribution in [-0.2, 0) is 6.54 Å². The second-order valence-electron chi connectivity index (χ2n) is 6.83. The lowest BCUT2D eigenvalue weighted by atomic mass is 10.2. The number of nitrogens with one attached hydrogen (secondary N) is 1. The molecular weight excluding hydrogens is 411 g/mol. The van der Waals surface area contributed by atoms with Crippen LogP contribution in [-0.4, -0.2) is 47.0 Å². The Morgan fingerprint density at radius 3 is 2.45 bits per heavy atom. The number of thiazole rings is 1. The number of halogens is 2. The molecule has 2 aromatic carbocycles. The van der Waals surface area contributed by atoms with Crippen molar-refractivity contribution in [3.8, 4) is 11.3 Å². The maximum Gasteiger partial charge on any atom is 0.321 e. The molecule has 8 heteroatoms. The maximum absolute atomic E-state index is 13.1. The molecule has 29 heavy (non-hydrogen) atoms. The molecule has 0 radical (unpaired) electrons. The number of urea groups is 1. The number of anilines is 1. The van der Waals surface area contributed by atoms with Gasteiger partial charge in [0, 0.05) is 47.8 Å². The van der Waals surface area contributed by atoms with Gasteiger partial charge in [0.15, 0.2) is 0 Å². The summed E-state index contributed by atoms with van der Waals surface area (Å²) in [5.41, 5.74) is 2.52. The van der Waals surface area contributed by atoms with Crippen LogP contribution in [0.3, 0.4) is 0 Å². The highest BCUT2D eigenvalue weighted by Crippen LogP contribution is 2.23. The van der Waals surface area contributed by atoms with Gasteiger partial charge in [0.1, 0.15) is 10.8 Å². The van der Waals surface area contributed by atoms with Crippen LogP contribution < -0.4 is 5.32 Å². The second-order valence-corrected chi connectivity index (χ2v) is 8.21. The summed E-state index contributed by atoms with van der Waals surface area (Å²) in [5.74, 6) is -0.248. The van der Waals surface area contributed by atoms with Gasteiger partial charge in [-0.1, -0.05) is 11.6 Å². The third-order valence-electron chi connectivity index (χ3n) is 4.81. The Kier molecular flexibility index (Phi) is 6.08. The number of hydrogen-bond acceptors (Lipinski definition) is 4. The number of carbonyl (C=O) groups is 1. The fraction of sp³-hybridized carbons (Fsp3) is 0.238. The molecule has 1 aliphatic rings. The zero-order valence-corrected chi connectivity index (χ0v) is 17.2. The van der Waals surface area contributed by atoms with E-state index in [9.17, 15) is 9.18 Å². The minimum atomic E-state index is -0.248. The Hall–Kier alpha value is -2.48. The average Bonchev–Trinajstić information content (AvgIpc) is 3.19. The van der Waals surface area contributed by atoms with Crippen molar-refractivity contribution in [1.29, 1.82) is 0 Å². The number of hydrogen-bond donors (Lipinski definition) is 1. The molecule has 3 aromatic rings. The standard InChI is InChI=1S/C21H20ClFN4OS/c22-16-3-7-18(8-4-16)24-21(28)27-11-9-26(10-12-27)13-20-25-19(14-29-20)15-1-5-17(23)6-2-15/h1-8,14H,9-13H2,(H,24,28). The quantitative estimate of drug-likeness (QED) is 0.637. The highest BCUT2D eigenvalue weighted by molar-refractivity contribution is 7.09. The van der Waals surface area contributed by atoms with Gasteiger partial charge in [-0.05, 0) is 48.5 Å². The van der Waals surface area contributed by atoms with Crippen LogP contribution in [0.15, 0.2) is 53.9 Å². The van der Waals surface area contributed by atoms with Crippen LogP contribution in [0.25, 0.3) is 11.3 Å². The molecule has 0 spiro atoms. The molecule has 1 N–H and O–H groups in total. The van der Waals surface area contributed by atoms with E-state index in [2.05, 4.69) is 15.2 Å². The number of rotatable bonds is 4. The molecule has 2 heterocycles. The number of benzene rings is 2. The molecule has 1 fully saturated rings. The summed E-state index contributed by atoms with van der Waals surface area (Å²) in [6.07, 6.45) is 0. The van der Waals surface area contributed by atoms with Crippen molar-refractivity contribution < 1.29 is 9.18 Å². The molecule has 0 bridgehead atoms. The SMILES string of the molecule is O=C(Nc1ccc(Cl)cc1)N1CCN(Cc2nc(-c3ccc(F)cc3)cs2)CC1. The Morgan fingerprint density at radius 2 is 1.76 bits per heavy atom. The van der Waals surface area contributed by atoms with Crippen molar-refractivity contribution in [3.05, 3.63) is 69.8 Å². The maximum atomic E-state index is 13.1. The van der Waals surface area contributed by atoms with Gasteiger partial charge in [0.2, 0.25) is 0 Å². The number of nitrogens with zero attached hydrogens (tertiary/aromatic N) is 3. The average molecular weight is 431 g/mol. The number of aromatic nitrogens is 1. The van der Waals surface area contributed by atoms with E-state index in [0.29, 0.717) is 18.1 Å². The molecule has 2 amide bonds. The first kappa shape index (κ1) is 19.8. The van der Waals surface area contributed by atoms with Crippen LogP contribution in [0.5, 0.6) is 0 Å². The fourth-order valence-electron chi connectivity index (χ4n) is 3.17. The molecule has 0 aliphatic carbocycles. The van der Waals surface area contributed by atoms with E-state index in [-0.39, 0.29) is 11.8 Å². The van der Waals surface area contributed by atoms with Gasteiger partial charge in [-0.2, -0.15) is 0 Å². The van der Waals surface area contributed by atoms with E-state index in [4.69, 9.17) is 11.6 Å². The second kappa shape index (κ2) is 8.90. The van der Waals surface area contributed by atoms with Gasteiger partial charge in [-0.3, -0.25) is 4.90 Å². The van der Waals surface area contributed by atoms with Gasteiger partial charge >= 0.3 is 6.03 Å². The van der Waals surface area contributed by atoms with Gasteiger partial charge in [-0.15, -0.1) is 11.3 Å². The fourth-order valence-corrected chi connectivity index (χ4v) is 4.14. The monoisotopic (exact) mass is 430 g/mol. The van der Waals surface area contributed by atoms with Gasteiger partial charge < -0.3 is 10.2 Å². The molecule has 1 saturated heterocycles. The highest BCUT2D eigenvalue weighted by Gasteiger charge is 2.22. The number of amides is 2. The first-order valence-electron chi connectivity index (χ1n) is 9.31. The minimum absolute atomic E-state index is 0.0974. The Labute approximate surface area is 177 Å². The Bertz CT molecular complexity index is 969. The molecule has 1 aromatic heterocycles. The van der Waals surface area contributed by atoms with Crippen LogP contribution in [0.2, 0.25) is 5.02 Å². The smallest absolute Gasteiger partial charge is 0.321 e. The lowest BCUT2D eigenvalue weighted by Crippen LogP contribution is -2.49. The molecule has 0 unspecified atom stereocenters. The zero-order valence-electron chi connectivity index (χ0n) is 15.6. The lowest BCUT2D eigenvalue weighted by molar-refractivity contribution is 0.143. The van der Waals surface area contributed by atoms with Crippen molar-refractivity contribution in [2.24, 2.45) is 0 Å². The lowest BCUT2D eigenvalue weighted by Gasteiger charge is -2.34. The van der Waals surface area contributed by atoms with E-state index >= 15 is 0 Å². The Balaban J connectivity index is 1.28. The van der Waals surface area contributed by atoms with Gasteiger partial charge in [0.25, 0.3) is 0 Å². The van der Waals surface area contributed by atoms with E-state index < -0.39 is 0 Å². The molecule has 5 nitrogen and oxygen atoms in total. The summed E-state index contributed by atoms with van der Waals surface area (Å²) in [7, 11) is 0. The van der Waals surface area contributed by atoms with Gasteiger partial charge in [-0.25, -0.2) is 14.2 Å². The predicted octanol–water partition coefficient (Wildman–Crippen LogP) is 4.95. The molecule has 0 saturated carbocycles. The zero-order chi connectivity index (χ0) is 20.2. The molecule has 0 atom stereocenters. The first-order valence-corrected chi connectivity index (χ1v) is 10.6. The topological polar surface area (TPSA) is 48.5 Å². The van der Waals surface area contributed by atoms with Crippen LogP contribution in [0, 0.1) is 5.82 Å². The number of piperazine rings is 1. The van der Waals surface area contributed by atoms with Crippen molar-refractivity contribution in [1.82, 2.24) is 14.8 Å². The summed E-state index contributed by atoms with van der Waals surface area (Å²) < 4.78 is 13.1. The van der Waals surface area contributed by atoms with E-state index in [1.54, 1.807) is 47.7 Å². The predicted molar refractivity (Wildman–Crippen MR) is 115 cm³/mol. The first-order chi connectivity index (χ1) is 14.1. The van der Waals surface area contributed by atoms with E-state index in [1.807, 2.05) is 10.3 Å². The molecule has 1 aliphatic heterocycles. The summed E-state index contributed by atoms with van der Waals surface area (Å²) in [5, 5.41) is 6.56. The summed E-state index contributed by atoms with van der Waals surface area (Å²) >= 11 is 7.48. The minimum Gasteiger partial charge on any atom is -0.322 e. The van der Waals surface area contributed by atoms with Crippen LogP contribution >= 0.6 is 22.9 Å². The molecule has 150 valence electrons. The van der Waals surface area contributed by atoms with Crippen molar-refractivity contribution in [3.63, 3.8) is 0 Å². The summed E-state index contributed by atoms with van der Waals surface area (Å²) in [6.45, 7) is 3.66. The third-order valence-corrected chi connectivity index (χ3v) is 5.89. The third kappa shape index (κ3) is 5.12. The van der Waals surface area contributed by atoms with E-state index in [1.165, 1.54) is 12.1 Å². The van der Waals surface area contributed by atoms with Crippen LogP contribution in [0.1, 0.15) is 5.01 Å². The number of carbonyl (C=O) groups excluding carboxylic acids is 1. The Morgan fingerprint density at radius 1 is 1.07 bits per heavy atom. The highest BCUT2D eigenvalue weighted by atomic mass is 35.5. The van der Waals surface area contributed by atoms with Gasteiger partial charge in [0.05, 0.1) is 12.2 Å². The van der Waals surface area contributed by atoms with Crippen molar-refractivity contribution in [2.75, 3.05) is 31.5 Å².